The van der Waals surface area contributed by atoms with E-state index >= 15 is 0 Å². The van der Waals surface area contributed by atoms with Gasteiger partial charge in [-0.25, -0.2) is 0 Å². The lowest BCUT2D eigenvalue weighted by Gasteiger charge is -2.10. The molecule has 0 bridgehead atoms. The maximum Gasteiger partial charge on any atom is 0.489 e. The average molecular weight is 294 g/mol. The molecule has 0 aliphatic rings. The van der Waals surface area contributed by atoms with Gasteiger partial charge in [-0.3, -0.25) is 0 Å². The minimum absolute atomic E-state index is 0.549. The summed E-state index contributed by atoms with van der Waals surface area (Å²) in [7, 11) is -1.45. The third-order valence-electron chi connectivity index (χ3n) is 3.59. The first-order valence-corrected chi connectivity index (χ1v) is 7.95. The first-order chi connectivity index (χ1) is 10.2. The van der Waals surface area contributed by atoms with E-state index in [0.29, 0.717) is 5.46 Å². The Labute approximate surface area is 128 Å². The molecule has 0 saturated carbocycles. The number of rotatable bonds is 3. The highest BCUT2D eigenvalue weighted by molar-refractivity contribution is 7.98. The second-order valence-electron chi connectivity index (χ2n) is 4.89. The van der Waals surface area contributed by atoms with Crippen molar-refractivity contribution in [3.05, 3.63) is 60.7 Å². The van der Waals surface area contributed by atoms with Crippen molar-refractivity contribution >= 4 is 35.1 Å². The highest BCUT2D eigenvalue weighted by Crippen LogP contribution is 2.25. The number of thioether (sulfide) groups is 1. The lowest BCUT2D eigenvalue weighted by atomic mass is 9.79. The van der Waals surface area contributed by atoms with Crippen molar-refractivity contribution < 1.29 is 10.0 Å². The molecule has 0 aromatic heterocycles. The molecule has 2 N–H and O–H groups in total. The molecular formula is C17H15BO2S. The molecule has 104 valence electrons. The Bertz CT molecular complexity index is 787. The summed E-state index contributed by atoms with van der Waals surface area (Å²) in [6, 6.07) is 20.3. The Morgan fingerprint density at radius 3 is 2.19 bits per heavy atom. The van der Waals surface area contributed by atoms with Crippen LogP contribution in [-0.2, 0) is 0 Å². The van der Waals surface area contributed by atoms with Crippen LogP contribution < -0.4 is 5.46 Å². The fourth-order valence-corrected chi connectivity index (χ4v) is 3.09. The molecule has 0 heterocycles. The summed E-state index contributed by atoms with van der Waals surface area (Å²) in [6.45, 7) is 0. The summed E-state index contributed by atoms with van der Waals surface area (Å²) in [5.74, 6) is 0. The minimum Gasteiger partial charge on any atom is -0.423 e. The van der Waals surface area contributed by atoms with Crippen LogP contribution in [0.2, 0.25) is 0 Å². The Balaban J connectivity index is 2.11. The number of hydrogen-bond donors (Lipinski definition) is 2. The summed E-state index contributed by atoms with van der Waals surface area (Å²) in [6.07, 6.45) is 1.93. The second-order valence-corrected chi connectivity index (χ2v) is 5.74. The highest BCUT2D eigenvalue weighted by Gasteiger charge is 2.16. The average Bonchev–Trinajstić information content (AvgIpc) is 2.53. The topological polar surface area (TPSA) is 40.5 Å². The Morgan fingerprint density at radius 2 is 1.48 bits per heavy atom. The van der Waals surface area contributed by atoms with Gasteiger partial charge in [0.2, 0.25) is 0 Å². The van der Waals surface area contributed by atoms with Crippen molar-refractivity contribution in [2.75, 3.05) is 6.26 Å². The van der Waals surface area contributed by atoms with Crippen molar-refractivity contribution in [1.82, 2.24) is 0 Å². The van der Waals surface area contributed by atoms with Crippen molar-refractivity contribution in [3.63, 3.8) is 0 Å². The van der Waals surface area contributed by atoms with Crippen LogP contribution in [-0.4, -0.2) is 23.4 Å². The van der Waals surface area contributed by atoms with Crippen LogP contribution in [0.25, 0.3) is 21.9 Å². The van der Waals surface area contributed by atoms with Crippen LogP contribution in [0.1, 0.15) is 0 Å². The lowest BCUT2D eigenvalue weighted by Crippen LogP contribution is -2.31. The molecule has 0 fully saturated rings. The van der Waals surface area contributed by atoms with Gasteiger partial charge in [0.25, 0.3) is 0 Å². The molecule has 0 aliphatic heterocycles. The minimum atomic E-state index is -1.45. The van der Waals surface area contributed by atoms with Crippen molar-refractivity contribution in [2.24, 2.45) is 0 Å². The maximum atomic E-state index is 9.52. The Hall–Kier alpha value is -1.75. The predicted octanol–water partition coefficient (Wildman–Crippen LogP) is 2.91. The number of hydrogen-bond acceptors (Lipinski definition) is 3. The normalized spacial score (nSPS) is 10.8. The van der Waals surface area contributed by atoms with E-state index in [0.717, 1.165) is 16.0 Å². The largest absolute Gasteiger partial charge is 0.489 e. The molecule has 0 saturated heterocycles. The molecule has 0 radical (unpaired) electrons. The van der Waals surface area contributed by atoms with Gasteiger partial charge in [-0.05, 0) is 45.8 Å². The third kappa shape index (κ3) is 2.83. The fourth-order valence-electron chi connectivity index (χ4n) is 2.48. The number of fused-ring (bicyclic) bond motifs is 1. The van der Waals surface area contributed by atoms with Crippen molar-refractivity contribution in [1.29, 1.82) is 0 Å². The molecule has 0 spiro atoms. The maximum absolute atomic E-state index is 9.52. The lowest BCUT2D eigenvalue weighted by molar-refractivity contribution is 0.425. The fraction of sp³-hybridized carbons (Fsp3) is 0.0588. The highest BCUT2D eigenvalue weighted by atomic mass is 32.2. The molecule has 0 atom stereocenters. The SMILES string of the molecule is CSc1ccc(-c2ccc3ccccc3c2)cc1B(O)O. The molecule has 3 rings (SSSR count). The summed E-state index contributed by atoms with van der Waals surface area (Å²) in [5, 5.41) is 21.4. The van der Waals surface area contributed by atoms with Gasteiger partial charge in [0, 0.05) is 4.90 Å². The van der Waals surface area contributed by atoms with Gasteiger partial charge < -0.3 is 10.0 Å². The van der Waals surface area contributed by atoms with Crippen LogP contribution in [0.15, 0.2) is 65.6 Å². The van der Waals surface area contributed by atoms with Crippen LogP contribution in [0.5, 0.6) is 0 Å². The molecule has 4 heteroatoms. The van der Waals surface area contributed by atoms with Gasteiger partial charge in [0.1, 0.15) is 0 Å². The number of benzene rings is 3. The van der Waals surface area contributed by atoms with E-state index in [9.17, 15) is 10.0 Å². The van der Waals surface area contributed by atoms with Crippen LogP contribution in [0, 0.1) is 0 Å². The zero-order valence-corrected chi connectivity index (χ0v) is 12.5. The summed E-state index contributed by atoms with van der Waals surface area (Å²) >= 11 is 1.51. The second kappa shape index (κ2) is 5.94. The molecular weight excluding hydrogens is 279 g/mol. The summed E-state index contributed by atoms with van der Waals surface area (Å²) < 4.78 is 0. The van der Waals surface area contributed by atoms with E-state index in [4.69, 9.17) is 0 Å². The predicted molar refractivity (Wildman–Crippen MR) is 91.0 cm³/mol. The Morgan fingerprint density at radius 1 is 0.810 bits per heavy atom. The van der Waals surface area contributed by atoms with Crippen molar-refractivity contribution in [3.8, 4) is 11.1 Å². The van der Waals surface area contributed by atoms with E-state index in [1.807, 2.05) is 36.6 Å². The summed E-state index contributed by atoms with van der Waals surface area (Å²) in [5.41, 5.74) is 2.61. The monoisotopic (exact) mass is 294 g/mol. The van der Waals surface area contributed by atoms with Crippen LogP contribution in [0.3, 0.4) is 0 Å². The van der Waals surface area contributed by atoms with Gasteiger partial charge in [-0.15, -0.1) is 11.8 Å². The van der Waals surface area contributed by atoms with Gasteiger partial charge in [0.05, 0.1) is 0 Å². The van der Waals surface area contributed by atoms with Gasteiger partial charge in [-0.2, -0.15) is 0 Å². The van der Waals surface area contributed by atoms with Crippen LogP contribution >= 0.6 is 11.8 Å². The molecule has 0 aliphatic carbocycles. The van der Waals surface area contributed by atoms with Crippen LogP contribution in [0.4, 0.5) is 0 Å². The van der Waals surface area contributed by atoms with E-state index in [-0.39, 0.29) is 0 Å². The van der Waals surface area contributed by atoms with E-state index in [1.54, 1.807) is 0 Å². The quantitative estimate of drug-likeness (QED) is 0.576. The molecule has 2 nitrogen and oxygen atoms in total. The van der Waals surface area contributed by atoms with E-state index < -0.39 is 7.12 Å². The third-order valence-corrected chi connectivity index (χ3v) is 4.40. The standard InChI is InChI=1S/C17H15BO2S/c1-21-17-9-8-15(11-16(17)18(19)20)14-7-6-12-4-2-3-5-13(12)10-14/h2-11,19-20H,1H3. The first-order valence-electron chi connectivity index (χ1n) is 6.72. The molecule has 3 aromatic rings. The molecule has 0 unspecified atom stereocenters. The van der Waals surface area contributed by atoms with E-state index in [1.165, 1.54) is 22.5 Å². The zero-order valence-electron chi connectivity index (χ0n) is 11.7. The zero-order chi connectivity index (χ0) is 14.8. The van der Waals surface area contributed by atoms with Gasteiger partial charge >= 0.3 is 7.12 Å². The summed E-state index contributed by atoms with van der Waals surface area (Å²) in [4.78, 5) is 0.884. The smallest absolute Gasteiger partial charge is 0.423 e. The molecule has 21 heavy (non-hydrogen) atoms. The van der Waals surface area contributed by atoms with E-state index in [2.05, 4.69) is 30.3 Å². The first kappa shape index (κ1) is 14.2. The molecule has 3 aromatic carbocycles. The van der Waals surface area contributed by atoms with Gasteiger partial charge in [-0.1, -0.05) is 48.5 Å². The van der Waals surface area contributed by atoms with Gasteiger partial charge in [0.15, 0.2) is 0 Å². The molecule has 0 amide bonds. The Kier molecular flexibility index (Phi) is 4.02. The van der Waals surface area contributed by atoms with Crippen molar-refractivity contribution in [2.45, 2.75) is 4.90 Å².